The zero-order chi connectivity index (χ0) is 16.4. The van der Waals surface area contributed by atoms with Crippen LogP contribution < -0.4 is 4.74 Å². The molecule has 3 heteroatoms. The van der Waals surface area contributed by atoms with Gasteiger partial charge in [0.15, 0.2) is 11.4 Å². The number of ether oxygens (including phenoxy) is 1. The maximum Gasteiger partial charge on any atom is 0.180 e. The van der Waals surface area contributed by atoms with Crippen molar-refractivity contribution in [2.24, 2.45) is 0 Å². The van der Waals surface area contributed by atoms with Crippen LogP contribution >= 0.6 is 0 Å². The zero-order valence-corrected chi connectivity index (χ0v) is 13.5. The summed E-state index contributed by atoms with van der Waals surface area (Å²) in [6.07, 6.45) is 4.03. The van der Waals surface area contributed by atoms with E-state index < -0.39 is 0 Å². The van der Waals surface area contributed by atoms with Gasteiger partial charge < -0.3 is 9.14 Å². The molecule has 0 aliphatic carbocycles. The maximum absolute atomic E-state index is 5.66. The molecule has 0 fully saturated rings. The summed E-state index contributed by atoms with van der Waals surface area (Å²) in [6.45, 7) is 2.61. The third-order valence-electron chi connectivity index (χ3n) is 4.03. The lowest BCUT2D eigenvalue weighted by Gasteiger charge is -2.03. The van der Waals surface area contributed by atoms with Crippen molar-refractivity contribution >= 4 is 5.65 Å². The lowest BCUT2D eigenvalue weighted by Crippen LogP contribution is -1.94. The van der Waals surface area contributed by atoms with Crippen LogP contribution in [0.1, 0.15) is 6.92 Å². The van der Waals surface area contributed by atoms with E-state index in [1.165, 1.54) is 11.1 Å². The monoisotopic (exact) mass is 314 g/mol. The van der Waals surface area contributed by atoms with Crippen LogP contribution in [0, 0.1) is 0 Å². The number of pyridine rings is 1. The van der Waals surface area contributed by atoms with Crippen molar-refractivity contribution in [3.8, 4) is 28.1 Å². The molecule has 2 aromatic carbocycles. The summed E-state index contributed by atoms with van der Waals surface area (Å²) in [6, 6.07) is 22.8. The van der Waals surface area contributed by atoms with Crippen LogP contribution in [-0.2, 0) is 0 Å². The summed E-state index contributed by atoms with van der Waals surface area (Å²) in [7, 11) is 0. The van der Waals surface area contributed by atoms with Gasteiger partial charge >= 0.3 is 0 Å². The third-order valence-corrected chi connectivity index (χ3v) is 4.03. The average Bonchev–Trinajstić information content (AvgIpc) is 3.08. The van der Waals surface area contributed by atoms with E-state index in [1.807, 2.05) is 41.9 Å². The highest BCUT2D eigenvalue weighted by molar-refractivity contribution is 5.70. The second-order valence-electron chi connectivity index (χ2n) is 5.61. The predicted molar refractivity (Wildman–Crippen MR) is 97.2 cm³/mol. The Balaban J connectivity index is 1.71. The first-order valence-electron chi connectivity index (χ1n) is 8.11. The number of hydrogen-bond acceptors (Lipinski definition) is 2. The van der Waals surface area contributed by atoms with Crippen LogP contribution in [0.3, 0.4) is 0 Å². The van der Waals surface area contributed by atoms with E-state index in [-0.39, 0.29) is 0 Å². The summed E-state index contributed by atoms with van der Waals surface area (Å²) in [5, 5.41) is 0. The lowest BCUT2D eigenvalue weighted by molar-refractivity contribution is 0.342. The maximum atomic E-state index is 5.66. The Hall–Kier alpha value is -3.07. The third kappa shape index (κ3) is 2.65. The molecule has 3 nitrogen and oxygen atoms in total. The van der Waals surface area contributed by atoms with Gasteiger partial charge in [-0.1, -0.05) is 54.6 Å². The number of imidazole rings is 1. The molecule has 4 rings (SSSR count). The van der Waals surface area contributed by atoms with Crippen molar-refractivity contribution in [3.05, 3.63) is 79.1 Å². The van der Waals surface area contributed by atoms with Gasteiger partial charge in [0.1, 0.15) is 0 Å². The van der Waals surface area contributed by atoms with E-state index in [1.54, 1.807) is 0 Å². The van der Waals surface area contributed by atoms with Gasteiger partial charge in [-0.15, -0.1) is 0 Å². The molecule has 0 atom stereocenters. The Morgan fingerprint density at radius 1 is 0.833 bits per heavy atom. The molecule has 2 aromatic heterocycles. The Morgan fingerprint density at radius 2 is 1.54 bits per heavy atom. The van der Waals surface area contributed by atoms with E-state index in [0.717, 1.165) is 22.7 Å². The van der Waals surface area contributed by atoms with E-state index in [2.05, 4.69) is 48.5 Å². The molecule has 0 unspecified atom stereocenters. The highest BCUT2D eigenvalue weighted by Crippen LogP contribution is 2.27. The van der Waals surface area contributed by atoms with Crippen molar-refractivity contribution in [1.29, 1.82) is 0 Å². The Bertz CT molecular complexity index is 956. The van der Waals surface area contributed by atoms with Crippen molar-refractivity contribution in [3.63, 3.8) is 0 Å². The predicted octanol–water partition coefficient (Wildman–Crippen LogP) is 5.07. The van der Waals surface area contributed by atoms with Gasteiger partial charge in [0.05, 0.1) is 12.3 Å². The summed E-state index contributed by atoms with van der Waals surface area (Å²) in [5.41, 5.74) is 5.32. The largest absolute Gasteiger partial charge is 0.490 e. The molecule has 0 amide bonds. The Morgan fingerprint density at radius 3 is 2.29 bits per heavy atom. The van der Waals surface area contributed by atoms with E-state index in [4.69, 9.17) is 9.72 Å². The highest BCUT2D eigenvalue weighted by atomic mass is 16.5. The number of rotatable bonds is 4. The van der Waals surface area contributed by atoms with Crippen LogP contribution in [0.5, 0.6) is 5.75 Å². The van der Waals surface area contributed by atoms with Crippen molar-refractivity contribution in [2.75, 3.05) is 6.61 Å². The molecule has 0 saturated heterocycles. The summed E-state index contributed by atoms with van der Waals surface area (Å²) in [4.78, 5) is 4.74. The molecule has 0 aliphatic rings. The molecule has 0 bridgehead atoms. The van der Waals surface area contributed by atoms with Crippen molar-refractivity contribution in [1.82, 2.24) is 9.38 Å². The second kappa shape index (κ2) is 6.20. The quantitative estimate of drug-likeness (QED) is 0.526. The minimum atomic E-state index is 0.633. The first-order valence-corrected chi connectivity index (χ1v) is 8.11. The fraction of sp³-hybridized carbons (Fsp3) is 0.0952. The smallest absolute Gasteiger partial charge is 0.180 e. The molecular formula is C21H18N2O. The van der Waals surface area contributed by atoms with Gasteiger partial charge in [-0.25, -0.2) is 4.98 Å². The van der Waals surface area contributed by atoms with Crippen LogP contribution in [0.2, 0.25) is 0 Å². The first kappa shape index (κ1) is 14.5. The SMILES string of the molecule is CCOc1cccn2cc(-c3ccc(-c4ccccc4)cc3)nc12. The number of aromatic nitrogens is 2. The zero-order valence-electron chi connectivity index (χ0n) is 13.5. The van der Waals surface area contributed by atoms with Crippen LogP contribution in [0.4, 0.5) is 0 Å². The molecular weight excluding hydrogens is 296 g/mol. The lowest BCUT2D eigenvalue weighted by atomic mass is 10.0. The molecule has 4 aromatic rings. The topological polar surface area (TPSA) is 26.5 Å². The molecule has 24 heavy (non-hydrogen) atoms. The normalized spacial score (nSPS) is 10.9. The molecule has 0 spiro atoms. The standard InChI is InChI=1S/C21H18N2O/c1-2-24-20-9-6-14-23-15-19(22-21(20)23)18-12-10-17(11-13-18)16-7-4-3-5-8-16/h3-15H,2H2,1H3. The summed E-state index contributed by atoms with van der Waals surface area (Å²) in [5.74, 6) is 0.812. The van der Waals surface area contributed by atoms with Crippen LogP contribution in [0.15, 0.2) is 79.1 Å². The number of fused-ring (bicyclic) bond motifs is 1. The van der Waals surface area contributed by atoms with E-state index in [9.17, 15) is 0 Å². The van der Waals surface area contributed by atoms with E-state index >= 15 is 0 Å². The molecule has 0 radical (unpaired) electrons. The first-order chi connectivity index (χ1) is 11.8. The second-order valence-corrected chi connectivity index (χ2v) is 5.61. The fourth-order valence-electron chi connectivity index (χ4n) is 2.86. The number of hydrogen-bond donors (Lipinski definition) is 0. The van der Waals surface area contributed by atoms with Crippen LogP contribution in [0.25, 0.3) is 28.0 Å². The highest BCUT2D eigenvalue weighted by Gasteiger charge is 2.09. The number of nitrogens with zero attached hydrogens (tertiary/aromatic N) is 2. The Labute approximate surface area is 141 Å². The summed E-state index contributed by atoms with van der Waals surface area (Å²) >= 11 is 0. The summed E-state index contributed by atoms with van der Waals surface area (Å²) < 4.78 is 7.67. The van der Waals surface area contributed by atoms with Gasteiger partial charge in [-0.2, -0.15) is 0 Å². The molecule has 118 valence electrons. The molecule has 0 N–H and O–H groups in total. The van der Waals surface area contributed by atoms with Crippen LogP contribution in [-0.4, -0.2) is 16.0 Å². The average molecular weight is 314 g/mol. The van der Waals surface area contributed by atoms with Gasteiger partial charge in [0, 0.05) is 18.0 Å². The number of benzene rings is 2. The van der Waals surface area contributed by atoms with Gasteiger partial charge in [-0.3, -0.25) is 0 Å². The van der Waals surface area contributed by atoms with E-state index in [0.29, 0.717) is 6.61 Å². The van der Waals surface area contributed by atoms with Crippen molar-refractivity contribution in [2.45, 2.75) is 6.92 Å². The van der Waals surface area contributed by atoms with Gasteiger partial charge in [0.2, 0.25) is 0 Å². The van der Waals surface area contributed by atoms with Crippen molar-refractivity contribution < 1.29 is 4.74 Å². The molecule has 2 heterocycles. The van der Waals surface area contributed by atoms with Gasteiger partial charge in [-0.05, 0) is 30.2 Å². The fourth-order valence-corrected chi connectivity index (χ4v) is 2.86. The minimum Gasteiger partial charge on any atom is -0.490 e. The molecule has 0 aliphatic heterocycles. The van der Waals surface area contributed by atoms with Gasteiger partial charge in [0.25, 0.3) is 0 Å². The Kier molecular flexibility index (Phi) is 3.75. The molecule has 0 saturated carbocycles. The minimum absolute atomic E-state index is 0.633.